The predicted molar refractivity (Wildman–Crippen MR) is 0 cm³/mol. The normalized spacial score (nSPS) is 0. The van der Waals surface area contributed by atoms with Crippen molar-refractivity contribution in [1.82, 2.24) is 0 Å². The number of hydrogen-bond acceptors (Lipinski definition) is 0. The Bertz CT molecular complexity index is 7.61. The molecular formula is Cl2K2Na+. The maximum Gasteiger partial charge on any atom is 1.00 e. The Labute approximate surface area is 152 Å². The van der Waals surface area contributed by atoms with Crippen LogP contribution in [0.5, 0.6) is 0 Å². The standard InChI is InChI=1S/2ClH.2K.Na/h2*1H;;;/q;;3*+1/p-2. The maximum absolute atomic E-state index is 0. The van der Waals surface area contributed by atoms with Crippen molar-refractivity contribution in [2.45, 2.75) is 0 Å². The molecule has 0 aliphatic heterocycles. The van der Waals surface area contributed by atoms with Crippen LogP contribution in [0.2, 0.25) is 0 Å². The molecule has 16 valence electrons. The molecule has 0 spiro atoms. The molecule has 0 nitrogen and oxygen atoms in total. The molecule has 0 amide bonds. The molecule has 0 aliphatic rings. The van der Waals surface area contributed by atoms with Crippen molar-refractivity contribution in [2.75, 3.05) is 0 Å². The van der Waals surface area contributed by atoms with Crippen molar-refractivity contribution in [1.29, 1.82) is 0 Å². The molecular weight excluding hydrogens is 172 g/mol. The Morgan fingerprint density at radius 1 is 0.600 bits per heavy atom. The third-order valence-electron chi connectivity index (χ3n) is 0. The summed E-state index contributed by atoms with van der Waals surface area (Å²) < 4.78 is 0. The van der Waals surface area contributed by atoms with Gasteiger partial charge in [-0.25, -0.2) is 0 Å². The summed E-state index contributed by atoms with van der Waals surface area (Å²) >= 11 is 0. The van der Waals surface area contributed by atoms with E-state index in [9.17, 15) is 0 Å². The summed E-state index contributed by atoms with van der Waals surface area (Å²) in [6.45, 7) is 0. The summed E-state index contributed by atoms with van der Waals surface area (Å²) in [6.07, 6.45) is 0. The van der Waals surface area contributed by atoms with Crippen LogP contribution in [-0.2, 0) is 0 Å². The molecule has 0 bridgehead atoms. The molecule has 5 heteroatoms. The molecule has 0 heterocycles. The van der Waals surface area contributed by atoms with Gasteiger partial charge < -0.3 is 24.8 Å². The molecule has 0 atom stereocenters. The van der Waals surface area contributed by atoms with Gasteiger partial charge in [0.05, 0.1) is 0 Å². The topological polar surface area (TPSA) is 0 Å². The molecule has 0 fully saturated rings. The van der Waals surface area contributed by atoms with Crippen molar-refractivity contribution in [2.24, 2.45) is 0 Å². The molecule has 0 unspecified atom stereocenters. The first-order chi connectivity index (χ1) is 0. The van der Waals surface area contributed by atoms with Crippen LogP contribution in [0, 0.1) is 0 Å². The average Bonchev–Trinajstić information content (AvgIpc) is 0. The molecule has 0 aliphatic carbocycles. The molecule has 5 heavy (non-hydrogen) atoms. The van der Waals surface area contributed by atoms with Crippen LogP contribution >= 0.6 is 0 Å². The van der Waals surface area contributed by atoms with E-state index in [0.29, 0.717) is 0 Å². The summed E-state index contributed by atoms with van der Waals surface area (Å²) in [4.78, 5) is 0. The predicted octanol–water partition coefficient (Wildman–Crippen LogP) is -15.0. The quantitative estimate of drug-likeness (QED) is 0.318. The zero-order chi connectivity index (χ0) is 0. The minimum Gasteiger partial charge on any atom is -1.00 e. The van der Waals surface area contributed by atoms with Crippen molar-refractivity contribution in [3.8, 4) is 0 Å². The van der Waals surface area contributed by atoms with Gasteiger partial charge in [-0.3, -0.25) is 0 Å². The molecule has 0 aromatic heterocycles. The van der Waals surface area contributed by atoms with Gasteiger partial charge in [0.25, 0.3) is 0 Å². The summed E-state index contributed by atoms with van der Waals surface area (Å²) in [5.41, 5.74) is 0. The summed E-state index contributed by atoms with van der Waals surface area (Å²) in [6, 6.07) is 0. The van der Waals surface area contributed by atoms with Crippen molar-refractivity contribution in [3.05, 3.63) is 0 Å². The van der Waals surface area contributed by atoms with Gasteiger partial charge in [-0.2, -0.15) is 0 Å². The van der Waals surface area contributed by atoms with Crippen LogP contribution in [-0.4, -0.2) is 0 Å². The van der Waals surface area contributed by atoms with Gasteiger partial charge in [0.1, 0.15) is 0 Å². The van der Waals surface area contributed by atoms with Gasteiger partial charge in [0, 0.05) is 0 Å². The van der Waals surface area contributed by atoms with E-state index in [4.69, 9.17) is 0 Å². The maximum atomic E-state index is 0. The summed E-state index contributed by atoms with van der Waals surface area (Å²) in [7, 11) is 0. The van der Waals surface area contributed by atoms with E-state index in [1.54, 1.807) is 0 Å². The second-order valence-corrected chi connectivity index (χ2v) is 0. The van der Waals surface area contributed by atoms with Crippen LogP contribution in [0.3, 0.4) is 0 Å². The largest absolute Gasteiger partial charge is 1.00 e. The van der Waals surface area contributed by atoms with Gasteiger partial charge in [0.15, 0.2) is 0 Å². The average molecular weight is 172 g/mol. The Morgan fingerprint density at radius 2 is 0.600 bits per heavy atom. The fraction of sp³-hybridized carbons (Fsp3) is 0. The Balaban J connectivity index is 0. The molecule has 0 rings (SSSR count). The Morgan fingerprint density at radius 3 is 0.600 bits per heavy atom. The zero-order valence-electron chi connectivity index (χ0n) is 3.76. The Hall–Kier alpha value is 4.85. The van der Waals surface area contributed by atoms with Gasteiger partial charge >= 0.3 is 132 Å². The van der Waals surface area contributed by atoms with Crippen LogP contribution in [0.15, 0.2) is 0 Å². The molecule has 0 aromatic rings. The monoisotopic (exact) mass is 171 g/mol. The van der Waals surface area contributed by atoms with E-state index in [1.165, 1.54) is 0 Å². The fourth-order valence-electron chi connectivity index (χ4n) is 0. The van der Waals surface area contributed by atoms with Crippen LogP contribution in [0.4, 0.5) is 0 Å². The van der Waals surface area contributed by atoms with Crippen LogP contribution < -0.4 is 157 Å². The van der Waals surface area contributed by atoms with Gasteiger partial charge in [-0.05, 0) is 0 Å². The molecule has 0 radical (unpaired) electrons. The number of hydrogen-bond donors (Lipinski definition) is 0. The number of halogens is 2. The van der Waals surface area contributed by atoms with Gasteiger partial charge in [-0.15, -0.1) is 0 Å². The SMILES string of the molecule is [Cl-].[Cl-].[K+].[K+].[Na+]. The minimum atomic E-state index is 0. The van der Waals surface area contributed by atoms with E-state index in [-0.39, 0.29) is 157 Å². The van der Waals surface area contributed by atoms with Crippen molar-refractivity contribution in [3.63, 3.8) is 0 Å². The van der Waals surface area contributed by atoms with Gasteiger partial charge in [0.2, 0.25) is 0 Å². The second-order valence-electron chi connectivity index (χ2n) is 0. The first-order valence-electron chi connectivity index (χ1n) is 0. The van der Waals surface area contributed by atoms with Crippen LogP contribution in [0.1, 0.15) is 0 Å². The second kappa shape index (κ2) is 23.2. The van der Waals surface area contributed by atoms with Gasteiger partial charge in [-0.1, -0.05) is 0 Å². The van der Waals surface area contributed by atoms with E-state index in [2.05, 4.69) is 0 Å². The first kappa shape index (κ1) is 32.8. The van der Waals surface area contributed by atoms with Crippen molar-refractivity contribution >= 4 is 0 Å². The number of rotatable bonds is 0. The van der Waals surface area contributed by atoms with E-state index >= 15 is 0 Å². The fourth-order valence-corrected chi connectivity index (χ4v) is 0. The Kier molecular flexibility index (Phi) is 152. The van der Waals surface area contributed by atoms with Crippen LogP contribution in [0.25, 0.3) is 0 Å². The zero-order valence-corrected chi connectivity index (χ0v) is 13.5. The van der Waals surface area contributed by atoms with Crippen molar-refractivity contribution < 1.29 is 157 Å². The molecule has 0 saturated heterocycles. The molecule has 0 aromatic carbocycles. The summed E-state index contributed by atoms with van der Waals surface area (Å²) in [5.74, 6) is 0. The van der Waals surface area contributed by atoms with E-state index in [1.807, 2.05) is 0 Å². The smallest absolute Gasteiger partial charge is 1.00 e. The first-order valence-corrected chi connectivity index (χ1v) is 0. The summed E-state index contributed by atoms with van der Waals surface area (Å²) in [5, 5.41) is 0. The third kappa shape index (κ3) is 17.7. The molecule has 0 saturated carbocycles. The van der Waals surface area contributed by atoms with E-state index < -0.39 is 0 Å². The molecule has 0 N–H and O–H groups in total. The third-order valence-corrected chi connectivity index (χ3v) is 0. The minimum absolute atomic E-state index is 0. The van der Waals surface area contributed by atoms with E-state index in [0.717, 1.165) is 0 Å².